The van der Waals surface area contributed by atoms with Crippen LogP contribution in [0.15, 0.2) is 78.9 Å². The Bertz CT molecular complexity index is 1380. The lowest BCUT2D eigenvalue weighted by Gasteiger charge is -2.30. The molecule has 0 aromatic heterocycles. The SMILES string of the molecule is CCN1CCC(OC(=O)Nc2cc(C=CCOc3ccc(CCNC(=O)OC(C)(C)C)cc3)ccc2-c2ccccc2)CC1. The molecule has 8 nitrogen and oxygen atoms in total. The summed E-state index contributed by atoms with van der Waals surface area (Å²) in [6.07, 6.45) is 5.41. The van der Waals surface area contributed by atoms with Gasteiger partial charge in [-0.15, -0.1) is 0 Å². The third kappa shape index (κ3) is 10.8. The van der Waals surface area contributed by atoms with Crippen molar-refractivity contribution in [3.63, 3.8) is 0 Å². The van der Waals surface area contributed by atoms with Crippen molar-refractivity contribution in [2.24, 2.45) is 0 Å². The van der Waals surface area contributed by atoms with Crippen LogP contribution in [0.4, 0.5) is 15.3 Å². The maximum absolute atomic E-state index is 12.9. The number of nitrogens with one attached hydrogen (secondary N) is 2. The van der Waals surface area contributed by atoms with Crippen molar-refractivity contribution >= 4 is 23.9 Å². The first-order valence-electron chi connectivity index (χ1n) is 15.4. The molecule has 0 unspecified atom stereocenters. The lowest BCUT2D eigenvalue weighted by molar-refractivity contribution is 0.0527. The molecule has 0 saturated carbocycles. The number of rotatable bonds is 11. The van der Waals surface area contributed by atoms with Gasteiger partial charge in [-0.2, -0.15) is 0 Å². The number of piperidine rings is 1. The van der Waals surface area contributed by atoms with Gasteiger partial charge in [0, 0.05) is 25.2 Å². The highest BCUT2D eigenvalue weighted by Gasteiger charge is 2.22. The van der Waals surface area contributed by atoms with E-state index in [9.17, 15) is 9.59 Å². The van der Waals surface area contributed by atoms with Crippen LogP contribution in [0.25, 0.3) is 17.2 Å². The molecule has 0 radical (unpaired) electrons. The van der Waals surface area contributed by atoms with Gasteiger partial charge in [0.2, 0.25) is 0 Å². The van der Waals surface area contributed by atoms with Gasteiger partial charge in [-0.1, -0.05) is 67.6 Å². The third-order valence-corrected chi connectivity index (χ3v) is 7.28. The van der Waals surface area contributed by atoms with Gasteiger partial charge in [-0.25, -0.2) is 9.59 Å². The number of ether oxygens (including phenoxy) is 3. The standard InChI is InChI=1S/C36H45N3O5/c1-5-39-23-20-31(21-24-39)43-35(41)38-33-26-28(15-18-32(33)29-11-7-6-8-12-29)10-9-25-42-30-16-13-27(14-17-30)19-22-37-34(40)44-36(2,3)4/h6-18,26,31H,5,19-25H2,1-4H3,(H,37,40)(H,38,41). The van der Waals surface area contributed by atoms with E-state index in [1.807, 2.05) is 106 Å². The summed E-state index contributed by atoms with van der Waals surface area (Å²) in [4.78, 5) is 27.1. The molecule has 234 valence electrons. The Morgan fingerprint density at radius 3 is 2.36 bits per heavy atom. The number of alkyl carbamates (subject to hydrolysis) is 1. The van der Waals surface area contributed by atoms with E-state index in [0.29, 0.717) is 25.3 Å². The summed E-state index contributed by atoms with van der Waals surface area (Å²) in [7, 11) is 0. The fourth-order valence-electron chi connectivity index (χ4n) is 4.98. The number of amides is 2. The predicted octanol–water partition coefficient (Wildman–Crippen LogP) is 7.55. The van der Waals surface area contributed by atoms with Crippen LogP contribution in [0.2, 0.25) is 0 Å². The normalized spacial score (nSPS) is 14.3. The molecule has 1 saturated heterocycles. The summed E-state index contributed by atoms with van der Waals surface area (Å²) in [6, 6.07) is 23.8. The second kappa shape index (κ2) is 16.0. The van der Waals surface area contributed by atoms with Gasteiger partial charge in [0.05, 0.1) is 5.69 Å². The van der Waals surface area contributed by atoms with Gasteiger partial charge in [0.15, 0.2) is 0 Å². The number of carbonyl (C=O) groups excluding carboxylic acids is 2. The zero-order valence-corrected chi connectivity index (χ0v) is 26.3. The van der Waals surface area contributed by atoms with Gasteiger partial charge < -0.3 is 24.4 Å². The molecular formula is C36H45N3O5. The number of carbonyl (C=O) groups is 2. The molecule has 0 bridgehead atoms. The number of likely N-dealkylation sites (tertiary alicyclic amines) is 1. The molecule has 1 aliphatic heterocycles. The van der Waals surface area contributed by atoms with Crippen molar-refractivity contribution < 1.29 is 23.8 Å². The number of benzene rings is 3. The first-order valence-corrected chi connectivity index (χ1v) is 15.4. The van der Waals surface area contributed by atoms with E-state index in [0.717, 1.165) is 60.5 Å². The third-order valence-electron chi connectivity index (χ3n) is 7.28. The molecule has 0 atom stereocenters. The van der Waals surface area contributed by atoms with Crippen molar-refractivity contribution in [3.05, 3.63) is 90.0 Å². The topological polar surface area (TPSA) is 89.1 Å². The average molecular weight is 600 g/mol. The predicted molar refractivity (Wildman–Crippen MR) is 176 cm³/mol. The van der Waals surface area contributed by atoms with Crippen LogP contribution in [0.5, 0.6) is 5.75 Å². The van der Waals surface area contributed by atoms with E-state index in [1.165, 1.54) is 0 Å². The van der Waals surface area contributed by atoms with Gasteiger partial charge >= 0.3 is 12.2 Å². The lowest BCUT2D eigenvalue weighted by Crippen LogP contribution is -2.38. The van der Waals surface area contributed by atoms with Crippen LogP contribution in [-0.4, -0.2) is 61.6 Å². The Kier molecular flexibility index (Phi) is 11.8. The van der Waals surface area contributed by atoms with Gasteiger partial charge in [0.1, 0.15) is 24.1 Å². The quantitative estimate of drug-likeness (QED) is 0.237. The zero-order valence-electron chi connectivity index (χ0n) is 26.3. The Labute approximate surface area is 261 Å². The fraction of sp³-hybridized carbons (Fsp3) is 0.389. The molecule has 3 aromatic rings. The van der Waals surface area contributed by atoms with Crippen molar-refractivity contribution in [3.8, 4) is 16.9 Å². The minimum Gasteiger partial charge on any atom is -0.490 e. The van der Waals surface area contributed by atoms with Crippen molar-refractivity contribution in [1.29, 1.82) is 0 Å². The molecule has 1 heterocycles. The summed E-state index contributed by atoms with van der Waals surface area (Å²) in [5, 5.41) is 5.78. The molecule has 1 fully saturated rings. The van der Waals surface area contributed by atoms with Gasteiger partial charge in [0.25, 0.3) is 0 Å². The van der Waals surface area contributed by atoms with Crippen LogP contribution < -0.4 is 15.4 Å². The minimum absolute atomic E-state index is 0.0684. The van der Waals surface area contributed by atoms with Gasteiger partial charge in [-0.05, 0) is 87.5 Å². The zero-order chi connectivity index (χ0) is 31.4. The molecule has 4 rings (SSSR count). The van der Waals surface area contributed by atoms with E-state index in [4.69, 9.17) is 14.2 Å². The van der Waals surface area contributed by atoms with E-state index in [-0.39, 0.29) is 6.10 Å². The minimum atomic E-state index is -0.512. The van der Waals surface area contributed by atoms with Crippen molar-refractivity contribution in [1.82, 2.24) is 10.2 Å². The Balaban J connectivity index is 1.31. The average Bonchev–Trinajstić information content (AvgIpc) is 3.00. The summed E-state index contributed by atoms with van der Waals surface area (Å²) in [5.74, 6) is 0.757. The van der Waals surface area contributed by atoms with Crippen LogP contribution in [-0.2, 0) is 15.9 Å². The summed E-state index contributed by atoms with van der Waals surface area (Å²) in [5.41, 5.74) is 4.16. The van der Waals surface area contributed by atoms with E-state index < -0.39 is 17.8 Å². The smallest absolute Gasteiger partial charge is 0.411 e. The first-order chi connectivity index (χ1) is 21.2. The Morgan fingerprint density at radius 1 is 0.955 bits per heavy atom. The van der Waals surface area contributed by atoms with E-state index in [2.05, 4.69) is 22.5 Å². The summed E-state index contributed by atoms with van der Waals surface area (Å²) in [6.45, 7) is 11.5. The molecule has 0 aliphatic carbocycles. The fourth-order valence-corrected chi connectivity index (χ4v) is 4.98. The molecular weight excluding hydrogens is 554 g/mol. The first kappa shape index (κ1) is 32.6. The van der Waals surface area contributed by atoms with E-state index in [1.54, 1.807) is 0 Å². The highest BCUT2D eigenvalue weighted by atomic mass is 16.6. The molecule has 0 spiro atoms. The molecule has 3 aromatic carbocycles. The van der Waals surface area contributed by atoms with Crippen LogP contribution in [0, 0.1) is 0 Å². The van der Waals surface area contributed by atoms with Crippen LogP contribution in [0.3, 0.4) is 0 Å². The summed E-state index contributed by atoms with van der Waals surface area (Å²) >= 11 is 0. The molecule has 44 heavy (non-hydrogen) atoms. The molecule has 1 aliphatic rings. The highest BCUT2D eigenvalue weighted by Crippen LogP contribution is 2.30. The number of anilines is 1. The van der Waals surface area contributed by atoms with Crippen LogP contribution >= 0.6 is 0 Å². The molecule has 2 amide bonds. The second-order valence-corrected chi connectivity index (χ2v) is 11.9. The number of nitrogens with zero attached hydrogens (tertiary/aromatic N) is 1. The highest BCUT2D eigenvalue weighted by molar-refractivity contribution is 5.92. The van der Waals surface area contributed by atoms with Crippen molar-refractivity contribution in [2.75, 3.05) is 38.1 Å². The maximum atomic E-state index is 12.9. The largest absolute Gasteiger partial charge is 0.490 e. The van der Waals surface area contributed by atoms with Crippen molar-refractivity contribution in [2.45, 2.75) is 58.7 Å². The van der Waals surface area contributed by atoms with E-state index >= 15 is 0 Å². The Hall–Kier alpha value is -4.30. The molecule has 8 heteroatoms. The monoisotopic (exact) mass is 599 g/mol. The second-order valence-electron chi connectivity index (χ2n) is 11.9. The maximum Gasteiger partial charge on any atom is 0.411 e. The Morgan fingerprint density at radius 2 is 1.68 bits per heavy atom. The van der Waals surface area contributed by atoms with Crippen LogP contribution in [0.1, 0.15) is 51.7 Å². The lowest BCUT2D eigenvalue weighted by atomic mass is 10.0. The molecule has 2 N–H and O–H groups in total. The number of hydrogen-bond donors (Lipinski definition) is 2. The number of hydrogen-bond acceptors (Lipinski definition) is 6. The summed E-state index contributed by atoms with van der Waals surface area (Å²) < 4.78 is 16.9. The van der Waals surface area contributed by atoms with Gasteiger partial charge in [-0.3, -0.25) is 5.32 Å².